The summed E-state index contributed by atoms with van der Waals surface area (Å²) in [7, 11) is 0. The van der Waals surface area contributed by atoms with E-state index in [1.807, 2.05) is 18.2 Å². The second kappa shape index (κ2) is 9.14. The Kier molecular flexibility index (Phi) is 6.36. The summed E-state index contributed by atoms with van der Waals surface area (Å²) < 4.78 is 0. The number of fused-ring (bicyclic) bond motifs is 2. The summed E-state index contributed by atoms with van der Waals surface area (Å²) in [4.78, 5) is 22.6. The molecule has 0 aromatic heterocycles. The minimum absolute atomic E-state index is 0.00486. The lowest BCUT2D eigenvalue weighted by molar-refractivity contribution is 0.0941. The van der Waals surface area contributed by atoms with Crippen LogP contribution in [0.4, 0.5) is 5.69 Å². The first-order valence-corrected chi connectivity index (χ1v) is 11.5. The number of likely N-dealkylation sites (N-methyl/N-ethyl adjacent to an activating group) is 1. The van der Waals surface area contributed by atoms with Crippen molar-refractivity contribution in [2.24, 2.45) is 4.99 Å². The van der Waals surface area contributed by atoms with Crippen LogP contribution in [0.5, 0.6) is 0 Å². The third-order valence-electron chi connectivity index (χ3n) is 5.78. The number of amides is 1. The van der Waals surface area contributed by atoms with Gasteiger partial charge in [0.05, 0.1) is 5.69 Å². The monoisotopic (exact) mass is 407 g/mol. The van der Waals surface area contributed by atoms with Crippen LogP contribution in [0, 0.1) is 0 Å². The van der Waals surface area contributed by atoms with Gasteiger partial charge in [0.15, 0.2) is 0 Å². The van der Waals surface area contributed by atoms with Crippen molar-refractivity contribution < 1.29 is 4.79 Å². The van der Waals surface area contributed by atoms with Crippen LogP contribution in [-0.4, -0.2) is 42.2 Å². The van der Waals surface area contributed by atoms with Gasteiger partial charge >= 0.3 is 0 Å². The van der Waals surface area contributed by atoms with Gasteiger partial charge in [0.25, 0.3) is 5.91 Å². The van der Waals surface area contributed by atoms with Crippen LogP contribution < -0.4 is 5.32 Å². The molecule has 2 heterocycles. The van der Waals surface area contributed by atoms with Crippen molar-refractivity contribution in [1.82, 2.24) is 10.2 Å². The van der Waals surface area contributed by atoms with E-state index in [9.17, 15) is 4.79 Å². The molecule has 29 heavy (non-hydrogen) atoms. The average Bonchev–Trinajstić information content (AvgIpc) is 3.14. The van der Waals surface area contributed by atoms with Crippen molar-refractivity contribution in [3.63, 3.8) is 0 Å². The highest BCUT2D eigenvalue weighted by atomic mass is 32.2. The zero-order chi connectivity index (χ0) is 20.2. The van der Waals surface area contributed by atoms with Crippen LogP contribution in [0.25, 0.3) is 0 Å². The minimum atomic E-state index is -0.00486. The fourth-order valence-corrected chi connectivity index (χ4v) is 5.26. The normalized spacial score (nSPS) is 18.6. The molecule has 2 aromatic carbocycles. The van der Waals surface area contributed by atoms with Crippen molar-refractivity contribution >= 4 is 29.1 Å². The lowest BCUT2D eigenvalue weighted by Crippen LogP contribution is -2.40. The molecule has 152 valence electrons. The van der Waals surface area contributed by atoms with Crippen LogP contribution >= 0.6 is 11.8 Å². The Morgan fingerprint density at radius 1 is 1.21 bits per heavy atom. The second-order valence-corrected chi connectivity index (χ2v) is 8.81. The van der Waals surface area contributed by atoms with Crippen LogP contribution in [0.3, 0.4) is 0 Å². The first kappa shape index (κ1) is 20.2. The molecule has 1 N–H and O–H groups in total. The zero-order valence-corrected chi connectivity index (χ0v) is 18.1. The summed E-state index contributed by atoms with van der Waals surface area (Å²) in [6.45, 7) is 7.27. The van der Waals surface area contributed by atoms with Gasteiger partial charge in [-0.25, -0.2) is 0 Å². The number of nitrogens with one attached hydrogen (secondary N) is 1. The molecular weight excluding hydrogens is 378 g/mol. The Balaban J connectivity index is 1.55. The summed E-state index contributed by atoms with van der Waals surface area (Å²) in [6.07, 6.45) is 4.36. The molecule has 4 nitrogen and oxygen atoms in total. The smallest absolute Gasteiger partial charge is 0.251 e. The number of aliphatic imine (C=N–C) groups is 1. The summed E-state index contributed by atoms with van der Waals surface area (Å²) in [5, 5.41) is 3.15. The Morgan fingerprint density at radius 2 is 2.07 bits per heavy atom. The molecule has 0 bridgehead atoms. The van der Waals surface area contributed by atoms with Gasteiger partial charge in [-0.2, -0.15) is 0 Å². The van der Waals surface area contributed by atoms with Crippen LogP contribution in [0.2, 0.25) is 0 Å². The highest BCUT2D eigenvalue weighted by molar-refractivity contribution is 7.99. The highest BCUT2D eigenvalue weighted by Gasteiger charge is 2.24. The van der Waals surface area contributed by atoms with Crippen LogP contribution in [-0.2, 0) is 0 Å². The zero-order valence-electron chi connectivity index (χ0n) is 17.3. The van der Waals surface area contributed by atoms with Gasteiger partial charge in [-0.3, -0.25) is 14.7 Å². The fraction of sp³-hybridized carbons (Fsp3) is 0.417. The Bertz CT molecular complexity index is 924. The van der Waals surface area contributed by atoms with Gasteiger partial charge in [-0.05, 0) is 56.6 Å². The molecule has 0 saturated carbocycles. The van der Waals surface area contributed by atoms with E-state index in [0.717, 1.165) is 48.6 Å². The molecule has 5 heteroatoms. The van der Waals surface area contributed by atoms with E-state index >= 15 is 0 Å². The Labute approximate surface area is 177 Å². The van der Waals surface area contributed by atoms with Crippen molar-refractivity contribution in [3.8, 4) is 0 Å². The topological polar surface area (TPSA) is 44.7 Å². The van der Waals surface area contributed by atoms with Gasteiger partial charge in [0.1, 0.15) is 0 Å². The summed E-state index contributed by atoms with van der Waals surface area (Å²) in [5.41, 5.74) is 3.91. The molecule has 0 spiro atoms. The second-order valence-electron chi connectivity index (χ2n) is 7.72. The number of carbonyl (C=O) groups excluding carboxylic acids is 1. The lowest BCUT2D eigenvalue weighted by atomic mass is 10.1. The summed E-state index contributed by atoms with van der Waals surface area (Å²) >= 11 is 1.74. The number of benzene rings is 2. The molecular formula is C24H29N3OS. The van der Waals surface area contributed by atoms with Gasteiger partial charge in [-0.15, -0.1) is 0 Å². The van der Waals surface area contributed by atoms with Gasteiger partial charge in [0, 0.05) is 39.2 Å². The number of nitrogens with zero attached hydrogens (tertiary/aromatic N) is 2. The van der Waals surface area contributed by atoms with Gasteiger partial charge in [0.2, 0.25) is 0 Å². The molecule has 1 atom stereocenters. The molecule has 0 unspecified atom stereocenters. The average molecular weight is 408 g/mol. The maximum Gasteiger partial charge on any atom is 0.251 e. The van der Waals surface area contributed by atoms with Gasteiger partial charge in [-0.1, -0.05) is 50.2 Å². The first-order chi connectivity index (χ1) is 14.2. The van der Waals surface area contributed by atoms with Gasteiger partial charge < -0.3 is 5.32 Å². The molecule has 2 aromatic rings. The SMILES string of the molecule is CCCC1=Nc2cc(C(=O)NC[C@H]3CCCN3CC)ccc2Sc2ccccc21. The quantitative estimate of drug-likeness (QED) is 0.708. The molecule has 2 aliphatic rings. The standard InChI is InChI=1S/C24H29N3OS/c1-3-8-20-19-10-5-6-11-22(19)29-23-13-12-17(15-21(23)26-20)24(28)25-16-18-9-7-14-27(18)4-2/h5-6,10-13,15,18H,3-4,7-9,14,16H2,1-2H3,(H,25,28)/t18-/m1/s1. The van der Waals surface area contributed by atoms with Crippen LogP contribution in [0.15, 0.2) is 57.2 Å². The van der Waals surface area contributed by atoms with E-state index < -0.39 is 0 Å². The van der Waals surface area contributed by atoms with Crippen molar-refractivity contribution in [2.45, 2.75) is 55.4 Å². The van der Waals surface area contributed by atoms with E-state index in [2.05, 4.69) is 48.3 Å². The highest BCUT2D eigenvalue weighted by Crippen LogP contribution is 2.41. The number of hydrogen-bond acceptors (Lipinski definition) is 4. The molecule has 0 radical (unpaired) electrons. The van der Waals surface area contributed by atoms with Crippen LogP contribution in [0.1, 0.15) is 55.5 Å². The number of rotatable bonds is 6. The predicted molar refractivity (Wildman–Crippen MR) is 121 cm³/mol. The van der Waals surface area contributed by atoms with E-state index in [0.29, 0.717) is 18.2 Å². The van der Waals surface area contributed by atoms with Crippen molar-refractivity contribution in [2.75, 3.05) is 19.6 Å². The molecule has 1 saturated heterocycles. The molecule has 1 amide bonds. The maximum absolute atomic E-state index is 12.8. The minimum Gasteiger partial charge on any atom is -0.350 e. The predicted octanol–water partition coefficient (Wildman–Crippen LogP) is 5.29. The molecule has 4 rings (SSSR count). The third-order valence-corrected chi connectivity index (χ3v) is 6.93. The van der Waals surface area contributed by atoms with E-state index in [-0.39, 0.29) is 5.91 Å². The largest absolute Gasteiger partial charge is 0.350 e. The number of carbonyl (C=O) groups is 1. The Hall–Kier alpha value is -2.11. The molecule has 1 fully saturated rings. The fourth-order valence-electron chi connectivity index (χ4n) is 4.23. The number of hydrogen-bond donors (Lipinski definition) is 1. The summed E-state index contributed by atoms with van der Waals surface area (Å²) in [6, 6.07) is 14.8. The van der Waals surface area contributed by atoms with Crippen molar-refractivity contribution in [3.05, 3.63) is 53.6 Å². The molecule has 2 aliphatic heterocycles. The van der Waals surface area contributed by atoms with E-state index in [4.69, 9.17) is 4.99 Å². The summed E-state index contributed by atoms with van der Waals surface area (Å²) in [5.74, 6) is -0.00486. The van der Waals surface area contributed by atoms with E-state index in [1.54, 1.807) is 11.8 Å². The lowest BCUT2D eigenvalue weighted by Gasteiger charge is -2.22. The first-order valence-electron chi connectivity index (χ1n) is 10.7. The Morgan fingerprint density at radius 3 is 2.90 bits per heavy atom. The van der Waals surface area contributed by atoms with E-state index in [1.165, 1.54) is 16.9 Å². The third kappa shape index (κ3) is 4.41. The van der Waals surface area contributed by atoms with Crippen molar-refractivity contribution in [1.29, 1.82) is 0 Å². The maximum atomic E-state index is 12.8. The molecule has 0 aliphatic carbocycles. The number of likely N-dealkylation sites (tertiary alicyclic amines) is 1.